The van der Waals surface area contributed by atoms with Gasteiger partial charge < -0.3 is 5.32 Å². The molecule has 5 rings (SSSR count). The van der Waals surface area contributed by atoms with Gasteiger partial charge in [0, 0.05) is 18.5 Å². The molecule has 9 nitrogen and oxygen atoms in total. The highest BCUT2D eigenvalue weighted by Gasteiger charge is 2.52. The van der Waals surface area contributed by atoms with Crippen LogP contribution >= 0.6 is 0 Å². The molecule has 33 heavy (non-hydrogen) atoms. The smallest absolute Gasteiger partial charge is 0.322 e. The Balaban J connectivity index is 1.39. The molecule has 3 aliphatic rings. The molecule has 1 aliphatic carbocycles. The molecule has 174 valence electrons. The molecule has 9 heteroatoms. The number of aryl methyl sites for hydroxylation is 1. The Morgan fingerprint density at radius 2 is 1.88 bits per heavy atom. The van der Waals surface area contributed by atoms with Crippen LogP contribution in [-0.2, 0) is 17.8 Å². The van der Waals surface area contributed by atoms with E-state index in [1.807, 2.05) is 0 Å². The van der Waals surface area contributed by atoms with Crippen LogP contribution in [0.1, 0.15) is 74.5 Å². The molecule has 2 N–H and O–H groups in total. The quantitative estimate of drug-likeness (QED) is 0.682. The van der Waals surface area contributed by atoms with Gasteiger partial charge in [0.2, 0.25) is 0 Å². The third-order valence-corrected chi connectivity index (χ3v) is 7.33. The lowest BCUT2D eigenvalue weighted by atomic mass is 9.77. The average molecular weight is 452 g/mol. The second-order valence-corrected chi connectivity index (χ2v) is 9.66. The summed E-state index contributed by atoms with van der Waals surface area (Å²) in [5, 5.41) is 4.05. The molecule has 0 unspecified atom stereocenters. The summed E-state index contributed by atoms with van der Waals surface area (Å²) in [6.07, 6.45) is 7.71. The van der Waals surface area contributed by atoms with Gasteiger partial charge in [-0.25, -0.2) is 9.78 Å². The van der Waals surface area contributed by atoms with E-state index in [9.17, 15) is 19.2 Å². The Morgan fingerprint density at radius 1 is 1.12 bits per heavy atom. The Morgan fingerprint density at radius 3 is 2.67 bits per heavy atom. The fourth-order valence-electron chi connectivity index (χ4n) is 5.22. The number of imide groups is 1. The minimum atomic E-state index is -0.924. The molecule has 4 amide bonds. The number of hydrogen-bond donors (Lipinski definition) is 2. The third-order valence-electron chi connectivity index (χ3n) is 7.33. The number of carbonyl (C=O) groups is 3. The molecule has 1 saturated heterocycles. The van der Waals surface area contributed by atoms with E-state index in [1.165, 1.54) is 6.07 Å². The molecule has 0 bridgehead atoms. The molecule has 3 heterocycles. The van der Waals surface area contributed by atoms with E-state index in [0.717, 1.165) is 55.8 Å². The second kappa shape index (κ2) is 8.28. The topological polar surface area (TPSA) is 113 Å². The van der Waals surface area contributed by atoms with Crippen molar-refractivity contribution in [3.63, 3.8) is 0 Å². The summed E-state index contributed by atoms with van der Waals surface area (Å²) >= 11 is 0. The van der Waals surface area contributed by atoms with E-state index in [0.29, 0.717) is 36.2 Å². The van der Waals surface area contributed by atoms with E-state index in [1.54, 1.807) is 16.7 Å². The van der Waals surface area contributed by atoms with Crippen LogP contribution in [0.2, 0.25) is 0 Å². The van der Waals surface area contributed by atoms with Crippen molar-refractivity contribution in [1.29, 1.82) is 0 Å². The number of aromatic nitrogens is 2. The number of carbonyl (C=O) groups excluding carboxylic acids is 3. The van der Waals surface area contributed by atoms with Crippen molar-refractivity contribution in [2.24, 2.45) is 5.92 Å². The number of rotatable bonds is 2. The minimum absolute atomic E-state index is 0.0913. The molecule has 1 saturated carbocycles. The molecule has 1 spiro atoms. The molecule has 2 aromatic rings. The first kappa shape index (κ1) is 21.6. The Labute approximate surface area is 191 Å². The number of hydrazine groups is 1. The summed E-state index contributed by atoms with van der Waals surface area (Å²) in [5.41, 5.74) is 2.14. The van der Waals surface area contributed by atoms with Crippen LogP contribution in [0.15, 0.2) is 23.0 Å². The zero-order valence-electron chi connectivity index (χ0n) is 18.9. The second-order valence-electron chi connectivity index (χ2n) is 9.66. The third kappa shape index (κ3) is 3.79. The van der Waals surface area contributed by atoms with Gasteiger partial charge in [0.15, 0.2) is 0 Å². The summed E-state index contributed by atoms with van der Waals surface area (Å²) in [5.74, 6) is 0.256. The standard InChI is InChI=1S/C24H29N5O4/c1-15-9-11-24(12-10-15)22(32)29(23(33)26-24)27-20(30)16-7-8-17-18(14-16)25-19-6-4-2-3-5-13-28(19)21(17)31/h7-8,14-15H,2-6,9-13H2,1H3,(H,26,33)(H,27,30). The Bertz CT molecular complexity index is 1200. The first-order valence-electron chi connectivity index (χ1n) is 11.9. The molecular weight excluding hydrogens is 422 g/mol. The zero-order valence-corrected chi connectivity index (χ0v) is 18.9. The van der Waals surface area contributed by atoms with Gasteiger partial charge in [-0.2, -0.15) is 5.01 Å². The van der Waals surface area contributed by atoms with Gasteiger partial charge in [-0.3, -0.25) is 24.4 Å². The Hall–Kier alpha value is -3.23. The summed E-state index contributed by atoms with van der Waals surface area (Å²) in [6, 6.07) is 4.08. The first-order valence-corrected chi connectivity index (χ1v) is 11.9. The minimum Gasteiger partial charge on any atom is -0.322 e. The van der Waals surface area contributed by atoms with Crippen LogP contribution in [0.3, 0.4) is 0 Å². The summed E-state index contributed by atoms with van der Waals surface area (Å²) in [4.78, 5) is 56.1. The highest BCUT2D eigenvalue weighted by Crippen LogP contribution is 2.35. The van der Waals surface area contributed by atoms with E-state index >= 15 is 0 Å². The van der Waals surface area contributed by atoms with Gasteiger partial charge in [-0.05, 0) is 62.6 Å². The normalized spacial score (nSPS) is 25.5. The average Bonchev–Trinajstić information content (AvgIpc) is 3.01. The maximum atomic E-state index is 13.0. The highest BCUT2D eigenvalue weighted by molar-refractivity contribution is 6.09. The molecule has 1 aromatic carbocycles. The lowest BCUT2D eigenvalue weighted by Crippen LogP contribution is -2.51. The number of benzene rings is 1. The van der Waals surface area contributed by atoms with Crippen molar-refractivity contribution >= 4 is 28.7 Å². The predicted octanol–water partition coefficient (Wildman–Crippen LogP) is 2.66. The molecule has 2 aliphatic heterocycles. The first-order chi connectivity index (χ1) is 15.9. The van der Waals surface area contributed by atoms with Crippen LogP contribution in [0.5, 0.6) is 0 Å². The number of nitrogens with zero attached hydrogens (tertiary/aromatic N) is 3. The molecular formula is C24H29N5O4. The van der Waals surface area contributed by atoms with Crippen LogP contribution in [0.25, 0.3) is 10.9 Å². The van der Waals surface area contributed by atoms with Crippen molar-refractivity contribution in [2.45, 2.75) is 76.8 Å². The fourth-order valence-corrected chi connectivity index (χ4v) is 5.22. The number of urea groups is 1. The summed E-state index contributed by atoms with van der Waals surface area (Å²) in [7, 11) is 0. The van der Waals surface area contributed by atoms with Crippen molar-refractivity contribution in [2.75, 3.05) is 0 Å². The lowest BCUT2D eigenvalue weighted by molar-refractivity contribution is -0.134. The van der Waals surface area contributed by atoms with Gasteiger partial charge in [0.05, 0.1) is 10.9 Å². The van der Waals surface area contributed by atoms with Crippen molar-refractivity contribution in [3.8, 4) is 0 Å². The lowest BCUT2D eigenvalue weighted by Gasteiger charge is -2.33. The van der Waals surface area contributed by atoms with Crippen LogP contribution in [0, 0.1) is 5.92 Å². The van der Waals surface area contributed by atoms with Crippen molar-refractivity contribution in [1.82, 2.24) is 25.3 Å². The maximum absolute atomic E-state index is 13.0. The summed E-state index contributed by atoms with van der Waals surface area (Å²) < 4.78 is 1.75. The van der Waals surface area contributed by atoms with E-state index in [4.69, 9.17) is 0 Å². The number of nitrogens with one attached hydrogen (secondary N) is 2. The predicted molar refractivity (Wildman–Crippen MR) is 121 cm³/mol. The maximum Gasteiger partial charge on any atom is 0.344 e. The van der Waals surface area contributed by atoms with E-state index < -0.39 is 23.4 Å². The monoisotopic (exact) mass is 451 g/mol. The SMILES string of the molecule is CC1CCC2(CC1)NC(=O)N(NC(=O)c1ccc3c(=O)n4c(nc3c1)CCCCCC4)C2=O. The van der Waals surface area contributed by atoms with E-state index in [2.05, 4.69) is 22.7 Å². The van der Waals surface area contributed by atoms with Gasteiger partial charge in [-0.15, -0.1) is 0 Å². The molecule has 0 radical (unpaired) electrons. The van der Waals surface area contributed by atoms with E-state index in [-0.39, 0.29) is 11.1 Å². The van der Waals surface area contributed by atoms with Crippen LogP contribution < -0.4 is 16.3 Å². The number of amides is 4. The largest absolute Gasteiger partial charge is 0.344 e. The molecule has 1 aromatic heterocycles. The van der Waals surface area contributed by atoms with Crippen molar-refractivity contribution < 1.29 is 14.4 Å². The molecule has 0 atom stereocenters. The van der Waals surface area contributed by atoms with Gasteiger partial charge in [0.25, 0.3) is 17.4 Å². The highest BCUT2D eigenvalue weighted by atomic mass is 16.2. The fraction of sp³-hybridized carbons (Fsp3) is 0.542. The number of hydrogen-bond acceptors (Lipinski definition) is 5. The van der Waals surface area contributed by atoms with Gasteiger partial charge >= 0.3 is 6.03 Å². The Kier molecular flexibility index (Phi) is 5.42. The van der Waals surface area contributed by atoms with Crippen LogP contribution in [-0.4, -0.2) is 37.9 Å². The zero-order chi connectivity index (χ0) is 23.2. The summed E-state index contributed by atoms with van der Waals surface area (Å²) in [6.45, 7) is 2.79. The van der Waals surface area contributed by atoms with Crippen molar-refractivity contribution in [3.05, 3.63) is 39.9 Å². The number of fused-ring (bicyclic) bond motifs is 2. The van der Waals surface area contributed by atoms with Gasteiger partial charge in [-0.1, -0.05) is 19.8 Å². The molecule has 2 fully saturated rings. The van der Waals surface area contributed by atoms with Gasteiger partial charge in [0.1, 0.15) is 11.4 Å². The van der Waals surface area contributed by atoms with Crippen LogP contribution in [0.4, 0.5) is 4.79 Å².